The second-order valence-corrected chi connectivity index (χ2v) is 5.09. The number of nitrogens with one attached hydrogen (secondary N) is 1. The molecule has 2 fully saturated rings. The van der Waals surface area contributed by atoms with Gasteiger partial charge in [-0.2, -0.15) is 0 Å². The van der Waals surface area contributed by atoms with Crippen molar-refractivity contribution in [2.75, 3.05) is 26.2 Å². The largest absolute Gasteiger partial charge is 0.481 e. The van der Waals surface area contributed by atoms with Crippen molar-refractivity contribution in [1.29, 1.82) is 0 Å². The first-order chi connectivity index (χ1) is 7.73. The molecular formula is C12H22N2O2. The van der Waals surface area contributed by atoms with E-state index in [1.165, 1.54) is 19.3 Å². The van der Waals surface area contributed by atoms with Gasteiger partial charge in [-0.25, -0.2) is 0 Å². The Kier molecular flexibility index (Phi) is 3.82. The maximum absolute atomic E-state index is 11.1. The molecule has 2 N–H and O–H groups in total. The molecule has 0 aromatic carbocycles. The number of hydrogen-bond acceptors (Lipinski definition) is 3. The van der Waals surface area contributed by atoms with Crippen LogP contribution >= 0.6 is 0 Å². The number of carbonyl (C=O) groups is 1. The molecule has 0 amide bonds. The lowest BCUT2D eigenvalue weighted by Crippen LogP contribution is -2.57. The Labute approximate surface area is 97.0 Å². The third-order valence-corrected chi connectivity index (χ3v) is 4.05. The van der Waals surface area contributed by atoms with Gasteiger partial charge in [0.25, 0.3) is 0 Å². The number of piperazine rings is 1. The summed E-state index contributed by atoms with van der Waals surface area (Å²) in [5, 5.41) is 12.5. The predicted molar refractivity (Wildman–Crippen MR) is 62.5 cm³/mol. The zero-order valence-electron chi connectivity index (χ0n) is 9.87. The van der Waals surface area contributed by atoms with Gasteiger partial charge in [0.2, 0.25) is 0 Å². The van der Waals surface area contributed by atoms with Gasteiger partial charge in [0.15, 0.2) is 0 Å². The molecule has 1 heterocycles. The summed E-state index contributed by atoms with van der Waals surface area (Å²) in [6, 6.07) is 0. The first-order valence-corrected chi connectivity index (χ1v) is 6.41. The standard InChI is InChI=1S/C12H22N2O2/c15-11(16)10-12(4-2-1-3-5-12)14-8-6-13-7-9-14/h13H,1-10H2,(H,15,16). The van der Waals surface area contributed by atoms with E-state index in [1.807, 2.05) is 0 Å². The van der Waals surface area contributed by atoms with Crippen molar-refractivity contribution in [2.24, 2.45) is 0 Å². The van der Waals surface area contributed by atoms with Gasteiger partial charge >= 0.3 is 5.97 Å². The number of nitrogens with zero attached hydrogens (tertiary/aromatic N) is 1. The van der Waals surface area contributed by atoms with E-state index in [2.05, 4.69) is 10.2 Å². The number of hydrogen-bond donors (Lipinski definition) is 2. The highest BCUT2D eigenvalue weighted by molar-refractivity contribution is 5.68. The molecule has 0 atom stereocenters. The van der Waals surface area contributed by atoms with Crippen LogP contribution in [0.3, 0.4) is 0 Å². The van der Waals surface area contributed by atoms with E-state index in [4.69, 9.17) is 5.11 Å². The summed E-state index contributed by atoms with van der Waals surface area (Å²) >= 11 is 0. The van der Waals surface area contributed by atoms with E-state index in [-0.39, 0.29) is 5.54 Å². The molecule has 1 saturated heterocycles. The van der Waals surface area contributed by atoms with Crippen LogP contribution in [0.1, 0.15) is 38.5 Å². The van der Waals surface area contributed by atoms with Crippen LogP contribution in [0.15, 0.2) is 0 Å². The molecule has 0 aromatic heterocycles. The van der Waals surface area contributed by atoms with Crippen LogP contribution < -0.4 is 5.32 Å². The van der Waals surface area contributed by atoms with Gasteiger partial charge in [-0.3, -0.25) is 9.69 Å². The average molecular weight is 226 g/mol. The highest BCUT2D eigenvalue weighted by Crippen LogP contribution is 2.36. The molecule has 1 aliphatic heterocycles. The van der Waals surface area contributed by atoms with E-state index < -0.39 is 5.97 Å². The van der Waals surface area contributed by atoms with Gasteiger partial charge in [-0.05, 0) is 12.8 Å². The van der Waals surface area contributed by atoms with Crippen molar-refractivity contribution >= 4 is 5.97 Å². The second kappa shape index (κ2) is 5.15. The summed E-state index contributed by atoms with van der Waals surface area (Å²) in [6.45, 7) is 4.02. The van der Waals surface area contributed by atoms with E-state index in [0.717, 1.165) is 39.0 Å². The first kappa shape index (κ1) is 11.9. The fraction of sp³-hybridized carbons (Fsp3) is 0.917. The smallest absolute Gasteiger partial charge is 0.305 e. The number of rotatable bonds is 3. The Morgan fingerprint density at radius 3 is 2.38 bits per heavy atom. The minimum Gasteiger partial charge on any atom is -0.481 e. The van der Waals surface area contributed by atoms with Crippen LogP contribution in [0.5, 0.6) is 0 Å². The molecule has 0 unspecified atom stereocenters. The summed E-state index contributed by atoms with van der Waals surface area (Å²) in [4.78, 5) is 13.5. The molecule has 0 aromatic rings. The molecule has 2 rings (SSSR count). The Bertz CT molecular complexity index is 243. The van der Waals surface area contributed by atoms with Gasteiger partial charge in [0.1, 0.15) is 0 Å². The third kappa shape index (κ3) is 2.55. The summed E-state index contributed by atoms with van der Waals surface area (Å²) in [6.07, 6.45) is 6.12. The van der Waals surface area contributed by atoms with Crippen molar-refractivity contribution in [3.8, 4) is 0 Å². The Hall–Kier alpha value is -0.610. The van der Waals surface area contributed by atoms with Gasteiger partial charge in [-0.15, -0.1) is 0 Å². The van der Waals surface area contributed by atoms with Crippen LogP contribution in [0, 0.1) is 0 Å². The average Bonchev–Trinajstić information content (AvgIpc) is 2.30. The van der Waals surface area contributed by atoms with E-state index >= 15 is 0 Å². The summed E-state index contributed by atoms with van der Waals surface area (Å²) in [7, 11) is 0. The lowest BCUT2D eigenvalue weighted by Gasteiger charge is -2.47. The monoisotopic (exact) mass is 226 g/mol. The van der Waals surface area contributed by atoms with Crippen molar-refractivity contribution in [3.05, 3.63) is 0 Å². The molecule has 16 heavy (non-hydrogen) atoms. The molecular weight excluding hydrogens is 204 g/mol. The zero-order chi connectivity index (χ0) is 11.4. The van der Waals surface area contributed by atoms with E-state index in [1.54, 1.807) is 0 Å². The minimum absolute atomic E-state index is 0.0355. The fourth-order valence-corrected chi connectivity index (χ4v) is 3.24. The number of carboxylic acid groups (broad SMARTS) is 1. The predicted octanol–water partition coefficient (Wildman–Crippen LogP) is 1.07. The maximum Gasteiger partial charge on any atom is 0.305 e. The lowest BCUT2D eigenvalue weighted by atomic mass is 9.77. The minimum atomic E-state index is -0.638. The van der Waals surface area contributed by atoms with Crippen LogP contribution in [0.4, 0.5) is 0 Å². The molecule has 1 aliphatic carbocycles. The SMILES string of the molecule is O=C(O)CC1(N2CCNCC2)CCCCC1. The number of carboxylic acids is 1. The summed E-state index contributed by atoms with van der Waals surface area (Å²) < 4.78 is 0. The molecule has 2 aliphatic rings. The number of aliphatic carboxylic acids is 1. The summed E-state index contributed by atoms with van der Waals surface area (Å²) in [5.41, 5.74) is -0.0355. The van der Waals surface area contributed by atoms with Crippen molar-refractivity contribution in [1.82, 2.24) is 10.2 Å². The Morgan fingerprint density at radius 2 is 1.81 bits per heavy atom. The quantitative estimate of drug-likeness (QED) is 0.756. The molecule has 0 radical (unpaired) electrons. The first-order valence-electron chi connectivity index (χ1n) is 6.41. The van der Waals surface area contributed by atoms with Crippen molar-refractivity contribution in [3.63, 3.8) is 0 Å². The Morgan fingerprint density at radius 1 is 1.19 bits per heavy atom. The van der Waals surface area contributed by atoms with Gasteiger partial charge in [0, 0.05) is 31.7 Å². The van der Waals surface area contributed by atoms with Crippen LogP contribution in [0.25, 0.3) is 0 Å². The molecule has 0 bridgehead atoms. The third-order valence-electron chi connectivity index (χ3n) is 4.05. The topological polar surface area (TPSA) is 52.6 Å². The summed E-state index contributed by atoms with van der Waals surface area (Å²) in [5.74, 6) is -0.638. The molecule has 92 valence electrons. The lowest BCUT2D eigenvalue weighted by molar-refractivity contribution is -0.141. The molecule has 0 spiro atoms. The Balaban J connectivity index is 2.07. The maximum atomic E-state index is 11.1. The second-order valence-electron chi connectivity index (χ2n) is 5.09. The molecule has 1 saturated carbocycles. The van der Waals surface area contributed by atoms with E-state index in [0.29, 0.717) is 6.42 Å². The van der Waals surface area contributed by atoms with Gasteiger partial charge in [-0.1, -0.05) is 19.3 Å². The highest BCUT2D eigenvalue weighted by Gasteiger charge is 2.39. The molecule has 4 heteroatoms. The molecule has 4 nitrogen and oxygen atoms in total. The van der Waals surface area contributed by atoms with Crippen LogP contribution in [0.2, 0.25) is 0 Å². The van der Waals surface area contributed by atoms with Crippen molar-refractivity contribution in [2.45, 2.75) is 44.1 Å². The zero-order valence-corrected chi connectivity index (χ0v) is 9.87. The van der Waals surface area contributed by atoms with Gasteiger partial charge < -0.3 is 10.4 Å². The van der Waals surface area contributed by atoms with E-state index in [9.17, 15) is 4.79 Å². The van der Waals surface area contributed by atoms with Crippen LogP contribution in [-0.2, 0) is 4.79 Å². The van der Waals surface area contributed by atoms with Crippen LogP contribution in [-0.4, -0.2) is 47.7 Å². The van der Waals surface area contributed by atoms with Gasteiger partial charge in [0.05, 0.1) is 6.42 Å². The highest BCUT2D eigenvalue weighted by atomic mass is 16.4. The van der Waals surface area contributed by atoms with Crippen molar-refractivity contribution < 1.29 is 9.90 Å². The normalized spacial score (nSPS) is 26.5. The fourth-order valence-electron chi connectivity index (χ4n) is 3.24.